The predicted molar refractivity (Wildman–Crippen MR) is 75.9 cm³/mol. The highest BCUT2D eigenvalue weighted by Gasteiger charge is 2.06. The molecule has 2 nitrogen and oxygen atoms in total. The molecule has 1 aromatic rings. The first-order valence-corrected chi connectivity index (χ1v) is 7.63. The van der Waals surface area contributed by atoms with E-state index in [1.807, 2.05) is 6.92 Å². The van der Waals surface area contributed by atoms with Gasteiger partial charge in [0.05, 0.1) is 0 Å². The van der Waals surface area contributed by atoms with Crippen molar-refractivity contribution >= 4 is 10.8 Å². The van der Waals surface area contributed by atoms with Crippen LogP contribution in [0, 0.1) is 20.8 Å². The zero-order valence-corrected chi connectivity index (χ0v) is 12.3. The van der Waals surface area contributed by atoms with Crippen LogP contribution in [0.2, 0.25) is 0 Å². The second kappa shape index (κ2) is 6.31. The number of benzene rings is 1. The van der Waals surface area contributed by atoms with Crippen molar-refractivity contribution in [2.24, 2.45) is 0 Å². The van der Waals surface area contributed by atoms with E-state index in [9.17, 15) is 4.21 Å². The predicted octanol–water partition coefficient (Wildman–Crippen LogP) is 2.47. The molecule has 0 aliphatic carbocycles. The fraction of sp³-hybridized carbons (Fsp3) is 0.571. The van der Waals surface area contributed by atoms with Crippen LogP contribution in [0.5, 0.6) is 0 Å². The van der Waals surface area contributed by atoms with Crippen molar-refractivity contribution in [1.82, 2.24) is 5.32 Å². The SMILES string of the molecule is Cc1cc(C)c(CNCC(C)S(C)=O)cc1C. The highest BCUT2D eigenvalue weighted by atomic mass is 32.2. The van der Waals surface area contributed by atoms with E-state index in [-0.39, 0.29) is 5.25 Å². The number of hydrogen-bond acceptors (Lipinski definition) is 2. The summed E-state index contributed by atoms with van der Waals surface area (Å²) in [7, 11) is -0.744. The smallest absolute Gasteiger partial charge is 0.0441 e. The van der Waals surface area contributed by atoms with Gasteiger partial charge in [-0.3, -0.25) is 4.21 Å². The normalized spacial score (nSPS) is 14.6. The fourth-order valence-corrected chi connectivity index (χ4v) is 2.09. The summed E-state index contributed by atoms with van der Waals surface area (Å²) in [6.07, 6.45) is 1.76. The van der Waals surface area contributed by atoms with Gasteiger partial charge in [-0.1, -0.05) is 12.1 Å². The van der Waals surface area contributed by atoms with E-state index in [0.29, 0.717) is 0 Å². The molecular weight excluding hydrogens is 230 g/mol. The number of hydrogen-bond donors (Lipinski definition) is 1. The van der Waals surface area contributed by atoms with Gasteiger partial charge in [-0.15, -0.1) is 0 Å². The Labute approximate surface area is 107 Å². The minimum absolute atomic E-state index is 0.210. The van der Waals surface area contributed by atoms with E-state index >= 15 is 0 Å². The first kappa shape index (κ1) is 14.4. The standard InChI is InChI=1S/C14H23NOS/c1-10-6-12(3)14(7-11(10)2)9-15-8-13(4)17(5)16/h6-7,13,15H,8-9H2,1-5H3. The van der Waals surface area contributed by atoms with Crippen molar-refractivity contribution in [2.75, 3.05) is 12.8 Å². The summed E-state index contributed by atoms with van der Waals surface area (Å²) in [6, 6.07) is 4.47. The van der Waals surface area contributed by atoms with E-state index in [1.54, 1.807) is 6.26 Å². The summed E-state index contributed by atoms with van der Waals surface area (Å²) in [5, 5.41) is 3.59. The highest BCUT2D eigenvalue weighted by molar-refractivity contribution is 7.84. The van der Waals surface area contributed by atoms with Crippen molar-refractivity contribution < 1.29 is 4.21 Å². The Kier molecular flexibility index (Phi) is 5.34. The Balaban J connectivity index is 2.58. The summed E-state index contributed by atoms with van der Waals surface area (Å²) in [5.74, 6) is 0. The van der Waals surface area contributed by atoms with Crippen molar-refractivity contribution in [2.45, 2.75) is 39.5 Å². The van der Waals surface area contributed by atoms with Gasteiger partial charge in [0.25, 0.3) is 0 Å². The molecule has 0 spiro atoms. The van der Waals surface area contributed by atoms with Crippen LogP contribution in [-0.4, -0.2) is 22.3 Å². The molecule has 0 radical (unpaired) electrons. The molecule has 0 amide bonds. The molecular formula is C14H23NOS. The Morgan fingerprint density at radius 3 is 2.35 bits per heavy atom. The summed E-state index contributed by atoms with van der Waals surface area (Å²) >= 11 is 0. The lowest BCUT2D eigenvalue weighted by Crippen LogP contribution is -2.27. The molecule has 2 atom stereocenters. The molecule has 0 saturated carbocycles. The van der Waals surface area contributed by atoms with Crippen molar-refractivity contribution in [1.29, 1.82) is 0 Å². The molecule has 17 heavy (non-hydrogen) atoms. The topological polar surface area (TPSA) is 29.1 Å². The van der Waals surface area contributed by atoms with Crippen molar-refractivity contribution in [3.63, 3.8) is 0 Å². The van der Waals surface area contributed by atoms with Crippen LogP contribution in [-0.2, 0) is 17.3 Å². The first-order valence-electron chi connectivity index (χ1n) is 6.01. The molecule has 2 unspecified atom stereocenters. The molecule has 0 heterocycles. The molecule has 0 aliphatic rings. The van der Waals surface area contributed by atoms with Gasteiger partial charge in [-0.05, 0) is 49.9 Å². The molecule has 0 aliphatic heterocycles. The number of nitrogens with one attached hydrogen (secondary N) is 1. The summed E-state index contributed by atoms with van der Waals surface area (Å²) in [6.45, 7) is 10.1. The Morgan fingerprint density at radius 1 is 1.18 bits per heavy atom. The van der Waals surface area contributed by atoms with Gasteiger partial charge in [-0.25, -0.2) is 0 Å². The van der Waals surface area contributed by atoms with Crippen LogP contribution in [0.1, 0.15) is 29.2 Å². The van der Waals surface area contributed by atoms with Crippen molar-refractivity contribution in [3.05, 3.63) is 34.4 Å². The third-order valence-electron chi connectivity index (χ3n) is 3.27. The summed E-state index contributed by atoms with van der Waals surface area (Å²) < 4.78 is 11.2. The molecule has 0 saturated heterocycles. The lowest BCUT2D eigenvalue weighted by Gasteiger charge is -2.13. The maximum atomic E-state index is 11.2. The van der Waals surface area contributed by atoms with E-state index in [2.05, 4.69) is 38.2 Å². The Morgan fingerprint density at radius 2 is 1.76 bits per heavy atom. The van der Waals surface area contributed by atoms with E-state index < -0.39 is 10.8 Å². The largest absolute Gasteiger partial charge is 0.311 e. The molecule has 1 N–H and O–H groups in total. The van der Waals surface area contributed by atoms with E-state index in [1.165, 1.54) is 22.3 Å². The van der Waals surface area contributed by atoms with Gasteiger partial charge >= 0.3 is 0 Å². The molecule has 1 aromatic carbocycles. The van der Waals surface area contributed by atoms with Gasteiger partial charge in [0.2, 0.25) is 0 Å². The summed E-state index contributed by atoms with van der Waals surface area (Å²) in [4.78, 5) is 0. The average molecular weight is 253 g/mol. The number of aryl methyl sites for hydroxylation is 3. The molecule has 0 bridgehead atoms. The summed E-state index contributed by atoms with van der Waals surface area (Å²) in [5.41, 5.74) is 5.34. The molecule has 0 fully saturated rings. The van der Waals surface area contributed by atoms with Crippen LogP contribution in [0.3, 0.4) is 0 Å². The maximum Gasteiger partial charge on any atom is 0.0441 e. The van der Waals surface area contributed by atoms with Gasteiger partial charge in [-0.2, -0.15) is 0 Å². The van der Waals surface area contributed by atoms with Crippen LogP contribution >= 0.6 is 0 Å². The number of rotatable bonds is 5. The second-order valence-electron chi connectivity index (χ2n) is 4.80. The Hall–Kier alpha value is -0.670. The zero-order chi connectivity index (χ0) is 13.0. The third-order valence-corrected chi connectivity index (χ3v) is 4.57. The van der Waals surface area contributed by atoms with Gasteiger partial charge < -0.3 is 5.32 Å². The van der Waals surface area contributed by atoms with Gasteiger partial charge in [0.1, 0.15) is 0 Å². The van der Waals surface area contributed by atoms with Crippen LogP contribution in [0.25, 0.3) is 0 Å². The van der Waals surface area contributed by atoms with Crippen molar-refractivity contribution in [3.8, 4) is 0 Å². The second-order valence-corrected chi connectivity index (χ2v) is 6.60. The minimum Gasteiger partial charge on any atom is -0.311 e. The van der Waals surface area contributed by atoms with E-state index in [4.69, 9.17) is 0 Å². The van der Waals surface area contributed by atoms with Crippen LogP contribution in [0.15, 0.2) is 12.1 Å². The van der Waals surface area contributed by atoms with Gasteiger partial charge in [0.15, 0.2) is 0 Å². The van der Waals surface area contributed by atoms with Crippen LogP contribution in [0.4, 0.5) is 0 Å². The average Bonchev–Trinajstić information content (AvgIpc) is 2.25. The molecule has 96 valence electrons. The third kappa shape index (κ3) is 4.25. The zero-order valence-electron chi connectivity index (χ0n) is 11.5. The lowest BCUT2D eigenvalue weighted by molar-refractivity contribution is 0.646. The van der Waals surface area contributed by atoms with Gasteiger partial charge in [0, 0.05) is 35.4 Å². The molecule has 1 rings (SSSR count). The Bertz CT molecular complexity index is 415. The lowest BCUT2D eigenvalue weighted by atomic mass is 10.0. The minimum atomic E-state index is -0.744. The quantitative estimate of drug-likeness (QED) is 0.873. The highest BCUT2D eigenvalue weighted by Crippen LogP contribution is 2.15. The maximum absolute atomic E-state index is 11.2. The first-order chi connectivity index (χ1) is 7.91. The van der Waals surface area contributed by atoms with E-state index in [0.717, 1.165) is 13.1 Å². The molecule has 3 heteroatoms. The molecule has 0 aromatic heterocycles. The van der Waals surface area contributed by atoms with Crippen LogP contribution < -0.4 is 5.32 Å². The fourth-order valence-electron chi connectivity index (χ4n) is 1.74. The monoisotopic (exact) mass is 253 g/mol.